The Labute approximate surface area is 103 Å². The quantitative estimate of drug-likeness (QED) is 0.771. The number of esters is 1. The fraction of sp³-hybridized carbons (Fsp3) is 0.500. The molecule has 2 N–H and O–H groups in total. The van der Waals surface area contributed by atoms with E-state index in [1.165, 1.54) is 5.56 Å². The molecule has 0 saturated carbocycles. The minimum absolute atomic E-state index is 0.127. The van der Waals surface area contributed by atoms with E-state index in [0.29, 0.717) is 19.6 Å². The maximum Gasteiger partial charge on any atom is 0.306 e. The van der Waals surface area contributed by atoms with Crippen LogP contribution in [0.2, 0.25) is 0 Å². The van der Waals surface area contributed by atoms with Gasteiger partial charge in [0.1, 0.15) is 0 Å². The van der Waals surface area contributed by atoms with E-state index in [1.807, 2.05) is 25.1 Å². The van der Waals surface area contributed by atoms with Crippen molar-refractivity contribution in [2.45, 2.75) is 39.2 Å². The van der Waals surface area contributed by atoms with E-state index in [9.17, 15) is 4.79 Å². The maximum absolute atomic E-state index is 11.5. The Balaban J connectivity index is 2.74. The third kappa shape index (κ3) is 4.19. The van der Waals surface area contributed by atoms with Gasteiger partial charge in [-0.15, -0.1) is 0 Å². The van der Waals surface area contributed by atoms with Crippen LogP contribution in [0.3, 0.4) is 0 Å². The first-order chi connectivity index (χ1) is 8.21. The number of nitrogens with two attached hydrogens (primary N) is 1. The first kappa shape index (κ1) is 13.7. The van der Waals surface area contributed by atoms with Crippen LogP contribution in [-0.4, -0.2) is 12.6 Å². The first-order valence-electron chi connectivity index (χ1n) is 6.15. The van der Waals surface area contributed by atoms with Crippen LogP contribution >= 0.6 is 0 Å². The summed E-state index contributed by atoms with van der Waals surface area (Å²) in [5, 5.41) is 0. The van der Waals surface area contributed by atoms with E-state index < -0.39 is 0 Å². The average molecular weight is 235 g/mol. The van der Waals surface area contributed by atoms with Gasteiger partial charge in [0.05, 0.1) is 13.0 Å². The van der Waals surface area contributed by atoms with Crippen LogP contribution in [0.25, 0.3) is 0 Å². The molecule has 1 atom stereocenters. The molecule has 0 amide bonds. The van der Waals surface area contributed by atoms with Crippen LogP contribution in [0.1, 0.15) is 43.7 Å². The Bertz CT molecular complexity index is 363. The van der Waals surface area contributed by atoms with Crippen LogP contribution in [-0.2, 0) is 16.1 Å². The van der Waals surface area contributed by atoms with Crippen LogP contribution in [0, 0.1) is 0 Å². The Morgan fingerprint density at radius 2 is 2.18 bits per heavy atom. The molecule has 1 aromatic carbocycles. The Hall–Kier alpha value is -1.35. The summed E-state index contributed by atoms with van der Waals surface area (Å²) in [5.41, 5.74) is 7.89. The van der Waals surface area contributed by atoms with Gasteiger partial charge in [-0.25, -0.2) is 0 Å². The number of ether oxygens (including phenoxy) is 1. The molecular formula is C14H21NO2. The van der Waals surface area contributed by atoms with Crippen molar-refractivity contribution in [1.82, 2.24) is 0 Å². The summed E-state index contributed by atoms with van der Waals surface area (Å²) in [7, 11) is 0. The molecule has 17 heavy (non-hydrogen) atoms. The zero-order chi connectivity index (χ0) is 12.7. The summed E-state index contributed by atoms with van der Waals surface area (Å²) in [6, 6.07) is 8.12. The predicted molar refractivity (Wildman–Crippen MR) is 68.6 cm³/mol. The lowest BCUT2D eigenvalue weighted by atomic mass is 9.92. The van der Waals surface area contributed by atoms with Crippen LogP contribution in [0.4, 0.5) is 0 Å². The number of benzene rings is 1. The topological polar surface area (TPSA) is 52.3 Å². The predicted octanol–water partition coefficient (Wildman–Crippen LogP) is 2.59. The fourth-order valence-electron chi connectivity index (χ4n) is 1.89. The summed E-state index contributed by atoms with van der Waals surface area (Å²) in [6.07, 6.45) is 1.37. The van der Waals surface area contributed by atoms with Crippen molar-refractivity contribution in [3.63, 3.8) is 0 Å². The molecular weight excluding hydrogens is 214 g/mol. The molecule has 3 nitrogen and oxygen atoms in total. The normalized spacial score (nSPS) is 12.2. The Kier molecular flexibility index (Phi) is 5.70. The summed E-state index contributed by atoms with van der Waals surface area (Å²) in [5.74, 6) is 0.0954. The molecule has 1 aromatic rings. The number of hydrogen-bond donors (Lipinski definition) is 1. The second kappa shape index (κ2) is 7.07. The highest BCUT2D eigenvalue weighted by molar-refractivity contribution is 5.70. The molecule has 0 bridgehead atoms. The molecule has 94 valence electrons. The van der Waals surface area contributed by atoms with E-state index in [0.717, 1.165) is 12.0 Å². The summed E-state index contributed by atoms with van der Waals surface area (Å²) in [6.45, 7) is 4.88. The summed E-state index contributed by atoms with van der Waals surface area (Å²) >= 11 is 0. The molecule has 0 spiro atoms. The SMILES string of the molecule is CCOC(=O)CC(CC)c1cccc(CN)c1. The van der Waals surface area contributed by atoms with E-state index in [2.05, 4.69) is 13.0 Å². The van der Waals surface area contributed by atoms with Gasteiger partial charge in [-0.1, -0.05) is 31.2 Å². The smallest absolute Gasteiger partial charge is 0.306 e. The third-order valence-electron chi connectivity index (χ3n) is 2.87. The lowest BCUT2D eigenvalue weighted by Gasteiger charge is -2.15. The molecule has 0 aliphatic rings. The average Bonchev–Trinajstić information content (AvgIpc) is 2.36. The van der Waals surface area contributed by atoms with Gasteiger partial charge in [0.2, 0.25) is 0 Å². The van der Waals surface area contributed by atoms with Crippen LogP contribution in [0.15, 0.2) is 24.3 Å². The van der Waals surface area contributed by atoms with Gasteiger partial charge in [-0.05, 0) is 30.4 Å². The number of rotatable bonds is 6. The highest BCUT2D eigenvalue weighted by Gasteiger charge is 2.15. The zero-order valence-corrected chi connectivity index (χ0v) is 10.6. The summed E-state index contributed by atoms with van der Waals surface area (Å²) < 4.78 is 4.99. The molecule has 0 heterocycles. The Morgan fingerprint density at radius 1 is 1.41 bits per heavy atom. The minimum atomic E-state index is -0.127. The van der Waals surface area contributed by atoms with E-state index in [1.54, 1.807) is 0 Å². The van der Waals surface area contributed by atoms with Crippen molar-refractivity contribution in [3.8, 4) is 0 Å². The lowest BCUT2D eigenvalue weighted by molar-refractivity contribution is -0.143. The molecule has 1 rings (SSSR count). The van der Waals surface area contributed by atoms with Crippen molar-refractivity contribution in [1.29, 1.82) is 0 Å². The maximum atomic E-state index is 11.5. The molecule has 0 saturated heterocycles. The van der Waals surface area contributed by atoms with Crippen molar-refractivity contribution >= 4 is 5.97 Å². The molecule has 0 aliphatic heterocycles. The van der Waals surface area contributed by atoms with E-state index in [4.69, 9.17) is 10.5 Å². The summed E-state index contributed by atoms with van der Waals surface area (Å²) in [4.78, 5) is 11.5. The molecule has 0 aliphatic carbocycles. The monoisotopic (exact) mass is 235 g/mol. The second-order valence-corrected chi connectivity index (χ2v) is 4.06. The number of carbonyl (C=O) groups excluding carboxylic acids is 1. The molecule has 0 aromatic heterocycles. The molecule has 3 heteroatoms. The van der Waals surface area contributed by atoms with Gasteiger partial charge in [0.25, 0.3) is 0 Å². The molecule has 0 radical (unpaired) electrons. The Morgan fingerprint density at radius 3 is 2.76 bits per heavy atom. The lowest BCUT2D eigenvalue weighted by Crippen LogP contribution is -2.10. The highest BCUT2D eigenvalue weighted by Crippen LogP contribution is 2.24. The van der Waals surface area contributed by atoms with Gasteiger partial charge >= 0.3 is 5.97 Å². The first-order valence-corrected chi connectivity index (χ1v) is 6.15. The van der Waals surface area contributed by atoms with E-state index in [-0.39, 0.29) is 11.9 Å². The highest BCUT2D eigenvalue weighted by atomic mass is 16.5. The van der Waals surface area contributed by atoms with Gasteiger partial charge in [0, 0.05) is 6.54 Å². The van der Waals surface area contributed by atoms with Crippen molar-refractivity contribution in [3.05, 3.63) is 35.4 Å². The standard InChI is InChI=1S/C14H21NO2/c1-3-12(9-14(16)17-4-2)13-7-5-6-11(8-13)10-15/h5-8,12H,3-4,9-10,15H2,1-2H3. The fourth-order valence-corrected chi connectivity index (χ4v) is 1.89. The minimum Gasteiger partial charge on any atom is -0.466 e. The van der Waals surface area contributed by atoms with Crippen molar-refractivity contribution in [2.24, 2.45) is 5.73 Å². The van der Waals surface area contributed by atoms with Crippen LogP contribution < -0.4 is 5.73 Å². The second-order valence-electron chi connectivity index (χ2n) is 4.06. The van der Waals surface area contributed by atoms with E-state index >= 15 is 0 Å². The third-order valence-corrected chi connectivity index (χ3v) is 2.87. The van der Waals surface area contributed by atoms with Gasteiger partial charge in [-0.3, -0.25) is 4.79 Å². The van der Waals surface area contributed by atoms with Gasteiger partial charge in [0.15, 0.2) is 0 Å². The number of carbonyl (C=O) groups is 1. The largest absolute Gasteiger partial charge is 0.466 e. The van der Waals surface area contributed by atoms with Crippen molar-refractivity contribution < 1.29 is 9.53 Å². The number of hydrogen-bond acceptors (Lipinski definition) is 3. The van der Waals surface area contributed by atoms with Crippen molar-refractivity contribution in [2.75, 3.05) is 6.61 Å². The van der Waals surface area contributed by atoms with Gasteiger partial charge in [-0.2, -0.15) is 0 Å². The molecule has 1 unspecified atom stereocenters. The zero-order valence-electron chi connectivity index (χ0n) is 10.6. The van der Waals surface area contributed by atoms with Crippen LogP contribution in [0.5, 0.6) is 0 Å². The van der Waals surface area contributed by atoms with Gasteiger partial charge < -0.3 is 10.5 Å². The molecule has 0 fully saturated rings.